The molecule has 138 valence electrons. The van der Waals surface area contributed by atoms with Crippen LogP contribution in [0, 0.1) is 35.3 Å². The molecule has 0 amide bonds. The van der Waals surface area contributed by atoms with E-state index in [1.54, 1.807) is 0 Å². The zero-order valence-electron chi connectivity index (χ0n) is 15.0. The number of halogens is 2. The van der Waals surface area contributed by atoms with Crippen molar-refractivity contribution in [2.24, 2.45) is 23.7 Å². The topological polar surface area (TPSA) is 20.2 Å². The van der Waals surface area contributed by atoms with Crippen LogP contribution in [0.25, 0.3) is 0 Å². The molecular weight excluding hydrogens is 318 g/mol. The first-order valence-electron chi connectivity index (χ1n) is 9.85. The van der Waals surface area contributed by atoms with Gasteiger partial charge in [0, 0.05) is 0 Å². The van der Waals surface area contributed by atoms with Gasteiger partial charge in [-0.05, 0) is 86.7 Å². The largest absolute Gasteiger partial charge is 0.505 e. The van der Waals surface area contributed by atoms with Gasteiger partial charge in [-0.15, -0.1) is 6.58 Å². The highest BCUT2D eigenvalue weighted by molar-refractivity contribution is 5.30. The lowest BCUT2D eigenvalue weighted by atomic mass is 9.72. The standard InChI is InChI=1S/C22H30F2O/c1-2-15-3-5-16(6-4-15)13-17-7-9-18(10-8-17)14-19-11-12-20(25)22(24)21(19)23/h2,11-12,15-18,25H,1,3-10,13-14H2. The lowest BCUT2D eigenvalue weighted by Crippen LogP contribution is -2.21. The van der Waals surface area contributed by atoms with Gasteiger partial charge in [-0.25, -0.2) is 4.39 Å². The molecule has 2 aliphatic carbocycles. The second kappa shape index (κ2) is 8.33. The third kappa shape index (κ3) is 4.62. The molecule has 1 aromatic rings. The minimum atomic E-state index is -1.11. The fourth-order valence-corrected chi connectivity index (χ4v) is 4.85. The number of phenols is 1. The number of benzene rings is 1. The normalized spacial score (nSPS) is 30.2. The molecule has 2 saturated carbocycles. The summed E-state index contributed by atoms with van der Waals surface area (Å²) >= 11 is 0. The van der Waals surface area contributed by atoms with Crippen LogP contribution in [0.3, 0.4) is 0 Å². The van der Waals surface area contributed by atoms with Crippen LogP contribution >= 0.6 is 0 Å². The summed E-state index contributed by atoms with van der Waals surface area (Å²) < 4.78 is 27.4. The summed E-state index contributed by atoms with van der Waals surface area (Å²) in [5.74, 6) is 0.265. The zero-order valence-corrected chi connectivity index (χ0v) is 15.0. The summed E-state index contributed by atoms with van der Waals surface area (Å²) in [6.07, 6.45) is 14.0. The summed E-state index contributed by atoms with van der Waals surface area (Å²) in [5, 5.41) is 9.23. The monoisotopic (exact) mass is 348 g/mol. The molecule has 2 fully saturated rings. The molecule has 2 aliphatic rings. The Bertz CT molecular complexity index is 582. The molecular formula is C22H30F2O. The number of hydrogen-bond acceptors (Lipinski definition) is 1. The van der Waals surface area contributed by atoms with Crippen LogP contribution < -0.4 is 0 Å². The molecule has 1 nitrogen and oxygen atoms in total. The number of hydrogen-bond donors (Lipinski definition) is 1. The van der Waals surface area contributed by atoms with E-state index in [2.05, 4.69) is 12.7 Å². The molecule has 3 rings (SSSR count). The van der Waals surface area contributed by atoms with E-state index in [0.29, 0.717) is 17.9 Å². The van der Waals surface area contributed by atoms with Gasteiger partial charge < -0.3 is 5.11 Å². The molecule has 0 heterocycles. The molecule has 0 bridgehead atoms. The van der Waals surface area contributed by atoms with Gasteiger partial charge in [0.1, 0.15) is 0 Å². The third-order valence-corrected chi connectivity index (χ3v) is 6.51. The van der Waals surface area contributed by atoms with Crippen molar-refractivity contribution in [1.82, 2.24) is 0 Å². The molecule has 0 saturated heterocycles. The molecule has 0 radical (unpaired) electrons. The second-order valence-corrected chi connectivity index (χ2v) is 8.21. The van der Waals surface area contributed by atoms with E-state index in [1.165, 1.54) is 57.1 Å². The average molecular weight is 348 g/mol. The van der Waals surface area contributed by atoms with Crippen molar-refractivity contribution >= 4 is 0 Å². The van der Waals surface area contributed by atoms with Gasteiger partial charge in [-0.3, -0.25) is 0 Å². The third-order valence-electron chi connectivity index (χ3n) is 6.51. The number of allylic oxidation sites excluding steroid dienone is 1. The quantitative estimate of drug-likeness (QED) is 0.610. The fourth-order valence-electron chi connectivity index (χ4n) is 4.85. The van der Waals surface area contributed by atoms with Gasteiger partial charge in [0.2, 0.25) is 5.82 Å². The SMILES string of the molecule is C=CC1CCC(CC2CCC(Cc3ccc(O)c(F)c3F)CC2)CC1. The van der Waals surface area contributed by atoms with Crippen LogP contribution in [-0.4, -0.2) is 5.11 Å². The average Bonchev–Trinajstić information content (AvgIpc) is 2.64. The number of phenolic OH excluding ortho intramolecular Hbond substituents is 1. The molecule has 0 aromatic heterocycles. The molecule has 1 N–H and O–H groups in total. The predicted molar refractivity (Wildman–Crippen MR) is 97.4 cm³/mol. The maximum Gasteiger partial charge on any atom is 0.200 e. The van der Waals surface area contributed by atoms with E-state index < -0.39 is 17.4 Å². The van der Waals surface area contributed by atoms with Crippen molar-refractivity contribution < 1.29 is 13.9 Å². The van der Waals surface area contributed by atoms with Gasteiger partial charge in [0.05, 0.1) is 0 Å². The van der Waals surface area contributed by atoms with E-state index in [4.69, 9.17) is 0 Å². The zero-order chi connectivity index (χ0) is 17.8. The Labute approximate surface area is 150 Å². The smallest absolute Gasteiger partial charge is 0.200 e. The Morgan fingerprint density at radius 2 is 1.44 bits per heavy atom. The van der Waals surface area contributed by atoms with Gasteiger partial charge >= 0.3 is 0 Å². The molecule has 0 atom stereocenters. The fraction of sp³-hybridized carbons (Fsp3) is 0.636. The highest BCUT2D eigenvalue weighted by Gasteiger charge is 2.27. The molecule has 3 heteroatoms. The van der Waals surface area contributed by atoms with E-state index in [1.807, 2.05) is 0 Å². The van der Waals surface area contributed by atoms with Gasteiger partial charge in [0.25, 0.3) is 0 Å². The van der Waals surface area contributed by atoms with Crippen molar-refractivity contribution in [2.45, 2.75) is 64.2 Å². The number of aromatic hydroxyl groups is 1. The first-order valence-corrected chi connectivity index (χ1v) is 9.85. The molecule has 0 unspecified atom stereocenters. The summed E-state index contributed by atoms with van der Waals surface area (Å²) in [5.41, 5.74) is 0.404. The number of rotatable bonds is 5. The Hall–Kier alpha value is -1.38. The van der Waals surface area contributed by atoms with Crippen molar-refractivity contribution in [2.75, 3.05) is 0 Å². The molecule has 0 aliphatic heterocycles. The summed E-state index contributed by atoms with van der Waals surface area (Å²) in [4.78, 5) is 0. The lowest BCUT2D eigenvalue weighted by Gasteiger charge is -2.33. The molecule has 1 aromatic carbocycles. The summed E-state index contributed by atoms with van der Waals surface area (Å²) in [6, 6.07) is 2.79. The van der Waals surface area contributed by atoms with Crippen LogP contribution in [0.15, 0.2) is 24.8 Å². The second-order valence-electron chi connectivity index (χ2n) is 8.21. The van der Waals surface area contributed by atoms with E-state index >= 15 is 0 Å². The van der Waals surface area contributed by atoms with E-state index in [9.17, 15) is 13.9 Å². The van der Waals surface area contributed by atoms with Crippen LogP contribution in [-0.2, 0) is 6.42 Å². The summed E-state index contributed by atoms with van der Waals surface area (Å²) in [6.45, 7) is 3.92. The van der Waals surface area contributed by atoms with Crippen LogP contribution in [0.5, 0.6) is 5.75 Å². The molecule has 25 heavy (non-hydrogen) atoms. The maximum absolute atomic E-state index is 13.9. The Morgan fingerprint density at radius 1 is 0.880 bits per heavy atom. The van der Waals surface area contributed by atoms with Gasteiger partial charge in [-0.2, -0.15) is 4.39 Å². The first kappa shape index (κ1) is 18.4. The highest BCUT2D eigenvalue weighted by Crippen LogP contribution is 2.39. The van der Waals surface area contributed by atoms with E-state index in [0.717, 1.165) is 30.6 Å². The predicted octanol–water partition coefficient (Wildman–Crippen LogP) is 6.40. The highest BCUT2D eigenvalue weighted by atomic mass is 19.2. The minimum Gasteiger partial charge on any atom is -0.505 e. The van der Waals surface area contributed by atoms with Crippen LogP contribution in [0.4, 0.5) is 8.78 Å². The maximum atomic E-state index is 13.9. The summed E-state index contributed by atoms with van der Waals surface area (Å²) in [7, 11) is 0. The Balaban J connectivity index is 1.45. The van der Waals surface area contributed by atoms with Crippen LogP contribution in [0.2, 0.25) is 0 Å². The van der Waals surface area contributed by atoms with Gasteiger partial charge in [0.15, 0.2) is 11.6 Å². The lowest BCUT2D eigenvalue weighted by molar-refractivity contribution is 0.200. The van der Waals surface area contributed by atoms with Crippen molar-refractivity contribution in [3.8, 4) is 5.75 Å². The first-order chi connectivity index (χ1) is 12.1. The minimum absolute atomic E-state index is 0.404. The Kier molecular flexibility index (Phi) is 6.14. The molecule has 0 spiro atoms. The van der Waals surface area contributed by atoms with Crippen molar-refractivity contribution in [3.63, 3.8) is 0 Å². The Morgan fingerprint density at radius 3 is 2.04 bits per heavy atom. The van der Waals surface area contributed by atoms with Gasteiger partial charge in [-0.1, -0.05) is 25.0 Å². The van der Waals surface area contributed by atoms with E-state index in [-0.39, 0.29) is 0 Å². The van der Waals surface area contributed by atoms with Crippen LogP contribution in [0.1, 0.15) is 63.4 Å². The van der Waals surface area contributed by atoms with Crippen molar-refractivity contribution in [1.29, 1.82) is 0 Å². The van der Waals surface area contributed by atoms with Crippen molar-refractivity contribution in [3.05, 3.63) is 42.0 Å².